The van der Waals surface area contributed by atoms with Crippen molar-refractivity contribution in [3.8, 4) is 0 Å². The molecule has 0 saturated heterocycles. The minimum absolute atomic E-state index is 0.0589. The number of nitrogens with zero attached hydrogens (tertiary/aromatic N) is 1. The number of unbranched alkanes of at least 4 members (excludes halogenated alkanes) is 50. The van der Waals surface area contributed by atoms with Crippen molar-refractivity contribution in [3.05, 3.63) is 24.3 Å². The lowest BCUT2D eigenvalue weighted by atomic mass is 10.0. The molecule has 8 nitrogen and oxygen atoms in total. The van der Waals surface area contributed by atoms with E-state index in [4.69, 9.17) is 9.05 Å². The fourth-order valence-corrected chi connectivity index (χ4v) is 11.5. The molecule has 3 unspecified atom stereocenters. The number of likely N-dealkylation sites (N-methyl/N-ethyl adjacent to an activating group) is 1. The van der Waals surface area contributed by atoms with Gasteiger partial charge in [-0.05, 0) is 32.1 Å². The van der Waals surface area contributed by atoms with Gasteiger partial charge in [-0.25, -0.2) is 4.57 Å². The second kappa shape index (κ2) is 60.6. The number of allylic oxidation sites excluding steroid dienone is 3. The summed E-state index contributed by atoms with van der Waals surface area (Å²) in [7, 11) is 1.57. The monoisotopic (exact) mass is 1120 g/mol. The molecule has 464 valence electrons. The fraction of sp³-hybridized carbons (Fsp3) is 0.928. The first-order valence-corrected chi connectivity index (χ1v) is 36.2. The Hall–Kier alpha value is -1.02. The van der Waals surface area contributed by atoms with Gasteiger partial charge in [0.1, 0.15) is 13.2 Å². The van der Waals surface area contributed by atoms with E-state index in [1.165, 1.54) is 302 Å². The van der Waals surface area contributed by atoms with Crippen molar-refractivity contribution >= 4 is 13.7 Å². The quantitative estimate of drug-likeness (QED) is 0.0243. The largest absolute Gasteiger partial charge is 0.472 e. The number of nitrogens with one attached hydrogen (secondary N) is 1. The first-order valence-electron chi connectivity index (χ1n) is 34.7. The molecule has 0 rings (SSSR count). The standard InChI is InChI=1S/C69H137N2O6P/c1-6-8-10-12-14-16-18-20-22-24-26-27-28-29-30-31-32-33-34-35-36-37-38-39-40-41-42-43-44-45-47-49-51-53-55-57-59-61-63-69(73)70-67(66-77-78(74,75)76-65-64-71(3,4)5)68(72)62-60-58-56-54-52-50-48-46-25-23-21-19-17-15-13-11-9-7-2/h52,54,60,62,67-68,72H,6-51,53,55-59,61,63-66H2,1-5H3,(H-,70,73,74,75)/p+1/b54-52+,62-60+. The van der Waals surface area contributed by atoms with Gasteiger partial charge in [0.25, 0.3) is 0 Å². The average Bonchev–Trinajstić information content (AvgIpc) is 3.41. The summed E-state index contributed by atoms with van der Waals surface area (Å²) in [5.41, 5.74) is 0. The summed E-state index contributed by atoms with van der Waals surface area (Å²) >= 11 is 0. The molecule has 3 N–H and O–H groups in total. The molecule has 0 aromatic heterocycles. The van der Waals surface area contributed by atoms with Crippen molar-refractivity contribution in [2.45, 2.75) is 373 Å². The zero-order valence-corrected chi connectivity index (χ0v) is 54.1. The molecule has 0 aliphatic heterocycles. The molecule has 0 aromatic carbocycles. The zero-order valence-electron chi connectivity index (χ0n) is 53.2. The van der Waals surface area contributed by atoms with Gasteiger partial charge in [0, 0.05) is 6.42 Å². The molecular weight excluding hydrogens is 984 g/mol. The molecule has 9 heteroatoms. The minimum Gasteiger partial charge on any atom is -0.387 e. The van der Waals surface area contributed by atoms with Crippen molar-refractivity contribution in [3.63, 3.8) is 0 Å². The highest BCUT2D eigenvalue weighted by atomic mass is 31.2. The van der Waals surface area contributed by atoms with Gasteiger partial charge in [-0.1, -0.05) is 346 Å². The number of quaternary nitrogens is 1. The molecule has 0 fully saturated rings. The molecule has 0 aliphatic rings. The molecule has 0 saturated carbocycles. The molecule has 0 aromatic rings. The first-order chi connectivity index (χ1) is 38.0. The Kier molecular flexibility index (Phi) is 59.8. The predicted molar refractivity (Wildman–Crippen MR) is 342 cm³/mol. The molecule has 0 spiro atoms. The highest BCUT2D eigenvalue weighted by Gasteiger charge is 2.28. The van der Waals surface area contributed by atoms with Crippen LogP contribution in [0.5, 0.6) is 0 Å². The van der Waals surface area contributed by atoms with Crippen LogP contribution >= 0.6 is 7.82 Å². The summed E-state index contributed by atoms with van der Waals surface area (Å²) in [6.07, 6.45) is 79.2. The molecule has 1 amide bonds. The lowest BCUT2D eigenvalue weighted by Crippen LogP contribution is -2.45. The Morgan fingerprint density at radius 3 is 1.03 bits per heavy atom. The number of aliphatic hydroxyl groups excluding tert-OH is 1. The maximum absolute atomic E-state index is 13.0. The SMILES string of the molecule is CCCCCCCCCCCCCC/C=C/CC/C=C/C(O)C(COP(=O)(O)OCC[N+](C)(C)C)NC(=O)CCCCCCCCCCCCCCCCCCCCCCCCCCCCCCCCCCCCCCCC. The molecule has 0 heterocycles. The highest BCUT2D eigenvalue weighted by molar-refractivity contribution is 7.47. The first kappa shape index (κ1) is 77.0. The molecule has 3 atom stereocenters. The van der Waals surface area contributed by atoms with Gasteiger partial charge in [0.05, 0.1) is 39.9 Å². The number of phosphoric acid groups is 1. The summed E-state index contributed by atoms with van der Waals surface area (Å²) in [6, 6.07) is -0.861. The van der Waals surface area contributed by atoms with E-state index in [2.05, 4.69) is 31.3 Å². The minimum atomic E-state index is -4.36. The van der Waals surface area contributed by atoms with Gasteiger partial charge in [0.2, 0.25) is 5.91 Å². The number of aliphatic hydroxyl groups is 1. The number of phosphoric ester groups is 1. The van der Waals surface area contributed by atoms with Crippen LogP contribution in [-0.2, 0) is 18.4 Å². The van der Waals surface area contributed by atoms with Crippen molar-refractivity contribution in [2.24, 2.45) is 0 Å². The van der Waals surface area contributed by atoms with Crippen LogP contribution in [0, 0.1) is 0 Å². The number of rotatable bonds is 65. The van der Waals surface area contributed by atoms with Gasteiger partial charge in [-0.3, -0.25) is 13.8 Å². The highest BCUT2D eigenvalue weighted by Crippen LogP contribution is 2.43. The van der Waals surface area contributed by atoms with Crippen molar-refractivity contribution in [1.29, 1.82) is 0 Å². The molecular formula is C69H138N2O6P+. The number of amides is 1. The lowest BCUT2D eigenvalue weighted by molar-refractivity contribution is -0.870. The third-order valence-electron chi connectivity index (χ3n) is 16.2. The number of carbonyl (C=O) groups excluding carboxylic acids is 1. The van der Waals surface area contributed by atoms with Crippen LogP contribution in [0.4, 0.5) is 0 Å². The van der Waals surface area contributed by atoms with Crippen LogP contribution in [0.3, 0.4) is 0 Å². The third kappa shape index (κ3) is 62.6. The second-order valence-electron chi connectivity index (χ2n) is 25.3. The summed E-state index contributed by atoms with van der Waals surface area (Å²) in [4.78, 5) is 23.4. The van der Waals surface area contributed by atoms with Gasteiger partial charge in [-0.2, -0.15) is 0 Å². The van der Waals surface area contributed by atoms with Crippen LogP contribution in [0.2, 0.25) is 0 Å². The van der Waals surface area contributed by atoms with Crippen LogP contribution in [-0.4, -0.2) is 73.4 Å². The fourth-order valence-electron chi connectivity index (χ4n) is 10.8. The lowest BCUT2D eigenvalue weighted by Gasteiger charge is -2.25. The summed E-state index contributed by atoms with van der Waals surface area (Å²) in [5.74, 6) is -0.179. The van der Waals surface area contributed by atoms with E-state index in [9.17, 15) is 19.4 Å². The topological polar surface area (TPSA) is 105 Å². The molecule has 78 heavy (non-hydrogen) atoms. The van der Waals surface area contributed by atoms with Gasteiger partial charge in [0.15, 0.2) is 0 Å². The second-order valence-corrected chi connectivity index (χ2v) is 26.7. The summed E-state index contributed by atoms with van der Waals surface area (Å²) < 4.78 is 23.8. The Labute approximate surface area is 487 Å². The maximum atomic E-state index is 13.0. The van der Waals surface area contributed by atoms with Gasteiger partial charge >= 0.3 is 7.82 Å². The van der Waals surface area contributed by atoms with Crippen molar-refractivity contribution in [1.82, 2.24) is 5.32 Å². The van der Waals surface area contributed by atoms with Crippen LogP contribution in [0.1, 0.15) is 361 Å². The number of carbonyl (C=O) groups is 1. The average molecular weight is 1120 g/mol. The zero-order chi connectivity index (χ0) is 57.0. The van der Waals surface area contributed by atoms with Crippen LogP contribution < -0.4 is 5.32 Å². The van der Waals surface area contributed by atoms with E-state index in [1.54, 1.807) is 6.08 Å². The number of hydrogen-bond acceptors (Lipinski definition) is 5. The molecule has 0 radical (unpaired) electrons. The Morgan fingerprint density at radius 2 is 0.705 bits per heavy atom. The van der Waals surface area contributed by atoms with Gasteiger partial charge in [-0.15, -0.1) is 0 Å². The van der Waals surface area contributed by atoms with Gasteiger partial charge < -0.3 is 19.8 Å². The third-order valence-corrected chi connectivity index (χ3v) is 17.2. The van der Waals surface area contributed by atoms with E-state index in [0.29, 0.717) is 17.4 Å². The van der Waals surface area contributed by atoms with E-state index in [1.807, 2.05) is 27.2 Å². The van der Waals surface area contributed by atoms with E-state index in [0.717, 1.165) is 38.5 Å². The van der Waals surface area contributed by atoms with E-state index < -0.39 is 20.0 Å². The van der Waals surface area contributed by atoms with E-state index >= 15 is 0 Å². The Balaban J connectivity index is 3.92. The van der Waals surface area contributed by atoms with E-state index in [-0.39, 0.29) is 19.1 Å². The Bertz CT molecular complexity index is 1320. The number of hydrogen-bond donors (Lipinski definition) is 3. The van der Waals surface area contributed by atoms with Crippen LogP contribution in [0.15, 0.2) is 24.3 Å². The van der Waals surface area contributed by atoms with Crippen molar-refractivity contribution < 1.29 is 32.9 Å². The van der Waals surface area contributed by atoms with Crippen LogP contribution in [0.25, 0.3) is 0 Å². The molecule has 0 bridgehead atoms. The molecule has 0 aliphatic carbocycles. The summed E-state index contributed by atoms with van der Waals surface area (Å²) in [6.45, 7) is 4.85. The normalized spacial score (nSPS) is 13.8. The predicted octanol–water partition coefficient (Wildman–Crippen LogP) is 21.9. The van der Waals surface area contributed by atoms with Crippen molar-refractivity contribution in [2.75, 3.05) is 40.9 Å². The summed E-state index contributed by atoms with van der Waals surface area (Å²) in [5, 5.41) is 14.0. The Morgan fingerprint density at radius 1 is 0.423 bits per heavy atom. The maximum Gasteiger partial charge on any atom is 0.472 e. The smallest absolute Gasteiger partial charge is 0.387 e.